The minimum Gasteiger partial charge on any atom is -0.289 e. The SMILES string of the molecule is CC(C)C1N(C)C[C@H](C)N1C(C)C. The van der Waals surface area contributed by atoms with Crippen LogP contribution in [0.4, 0.5) is 0 Å². The third-order valence-electron chi connectivity index (χ3n) is 3.01. The van der Waals surface area contributed by atoms with Crippen LogP contribution >= 0.6 is 0 Å². The molecule has 1 aliphatic heterocycles. The van der Waals surface area contributed by atoms with Gasteiger partial charge in [0.15, 0.2) is 0 Å². The van der Waals surface area contributed by atoms with Gasteiger partial charge in [0.05, 0.1) is 6.17 Å². The van der Waals surface area contributed by atoms with E-state index in [0.29, 0.717) is 18.2 Å². The third-order valence-corrected chi connectivity index (χ3v) is 3.01. The van der Waals surface area contributed by atoms with E-state index in [0.717, 1.165) is 5.92 Å². The molecule has 0 saturated carbocycles. The molecule has 0 amide bonds. The summed E-state index contributed by atoms with van der Waals surface area (Å²) in [4.78, 5) is 5.11. The maximum Gasteiger partial charge on any atom is 0.0649 e. The minimum atomic E-state index is 0.634. The van der Waals surface area contributed by atoms with E-state index in [4.69, 9.17) is 0 Å². The van der Waals surface area contributed by atoms with Gasteiger partial charge in [-0.15, -0.1) is 0 Å². The molecule has 0 aromatic carbocycles. The predicted molar refractivity (Wildman–Crippen MR) is 57.7 cm³/mol. The Morgan fingerprint density at radius 3 is 2.00 bits per heavy atom. The summed E-state index contributed by atoms with van der Waals surface area (Å²) in [6.07, 6.45) is 0.634. The van der Waals surface area contributed by atoms with Gasteiger partial charge in [-0.05, 0) is 33.7 Å². The first kappa shape index (κ1) is 11.0. The van der Waals surface area contributed by atoms with Crippen LogP contribution in [0, 0.1) is 5.92 Å². The van der Waals surface area contributed by atoms with E-state index in [-0.39, 0.29) is 0 Å². The quantitative estimate of drug-likeness (QED) is 0.648. The van der Waals surface area contributed by atoms with Gasteiger partial charge >= 0.3 is 0 Å². The Bertz CT molecular complexity index is 147. The van der Waals surface area contributed by atoms with Gasteiger partial charge in [-0.2, -0.15) is 0 Å². The molecule has 0 radical (unpaired) electrons. The zero-order valence-corrected chi connectivity index (χ0v) is 9.91. The van der Waals surface area contributed by atoms with Crippen LogP contribution in [0.5, 0.6) is 0 Å². The molecule has 0 aromatic rings. The number of hydrogen-bond donors (Lipinski definition) is 0. The lowest BCUT2D eigenvalue weighted by atomic mass is 10.1. The molecule has 13 heavy (non-hydrogen) atoms. The second-order valence-electron chi connectivity index (χ2n) is 4.99. The molecule has 1 unspecified atom stereocenters. The second kappa shape index (κ2) is 3.97. The molecule has 2 atom stereocenters. The predicted octanol–water partition coefficient (Wildman–Crippen LogP) is 2.01. The fourth-order valence-electron chi connectivity index (χ4n) is 2.78. The van der Waals surface area contributed by atoms with Gasteiger partial charge in [-0.3, -0.25) is 9.80 Å². The first-order valence-electron chi connectivity index (χ1n) is 5.42. The van der Waals surface area contributed by atoms with Gasteiger partial charge in [-0.25, -0.2) is 0 Å². The summed E-state index contributed by atoms with van der Waals surface area (Å²) in [5.41, 5.74) is 0. The van der Waals surface area contributed by atoms with Gasteiger partial charge in [0.2, 0.25) is 0 Å². The van der Waals surface area contributed by atoms with Crippen LogP contribution in [0.2, 0.25) is 0 Å². The van der Waals surface area contributed by atoms with E-state index in [9.17, 15) is 0 Å². The van der Waals surface area contributed by atoms with Crippen molar-refractivity contribution in [3.8, 4) is 0 Å². The molecule has 0 bridgehead atoms. The van der Waals surface area contributed by atoms with E-state index in [1.54, 1.807) is 0 Å². The first-order valence-corrected chi connectivity index (χ1v) is 5.42. The van der Waals surface area contributed by atoms with E-state index < -0.39 is 0 Å². The van der Waals surface area contributed by atoms with Crippen molar-refractivity contribution in [2.45, 2.75) is 52.9 Å². The number of hydrogen-bond acceptors (Lipinski definition) is 2. The van der Waals surface area contributed by atoms with Crippen LogP contribution in [-0.2, 0) is 0 Å². The lowest BCUT2D eigenvalue weighted by molar-refractivity contribution is 0.0708. The number of rotatable bonds is 2. The normalized spacial score (nSPS) is 32.3. The molecule has 2 heteroatoms. The van der Waals surface area contributed by atoms with Crippen LogP contribution in [0.3, 0.4) is 0 Å². The molecular weight excluding hydrogens is 160 g/mol. The van der Waals surface area contributed by atoms with Crippen molar-refractivity contribution in [3.63, 3.8) is 0 Å². The smallest absolute Gasteiger partial charge is 0.0649 e. The molecular formula is C11H24N2. The number of likely N-dealkylation sites (N-methyl/N-ethyl adjacent to an activating group) is 1. The molecule has 0 aliphatic carbocycles. The molecule has 0 aromatic heterocycles. The molecule has 78 valence electrons. The van der Waals surface area contributed by atoms with Gasteiger partial charge in [-0.1, -0.05) is 13.8 Å². The fraction of sp³-hybridized carbons (Fsp3) is 1.00. The summed E-state index contributed by atoms with van der Waals surface area (Å²) in [7, 11) is 2.24. The monoisotopic (exact) mass is 184 g/mol. The molecule has 1 saturated heterocycles. The summed E-state index contributed by atoms with van der Waals surface area (Å²) in [6, 6.07) is 1.37. The van der Waals surface area contributed by atoms with Crippen LogP contribution in [-0.4, -0.2) is 41.6 Å². The Labute approximate surface area is 82.9 Å². The molecule has 2 nitrogen and oxygen atoms in total. The van der Waals surface area contributed by atoms with Crippen molar-refractivity contribution in [2.24, 2.45) is 5.92 Å². The minimum absolute atomic E-state index is 0.634. The lowest BCUT2D eigenvalue weighted by Gasteiger charge is -2.35. The average molecular weight is 184 g/mol. The zero-order valence-electron chi connectivity index (χ0n) is 9.91. The van der Waals surface area contributed by atoms with E-state index in [1.165, 1.54) is 6.54 Å². The highest BCUT2D eigenvalue weighted by atomic mass is 15.4. The Morgan fingerprint density at radius 1 is 1.15 bits per heavy atom. The third kappa shape index (κ3) is 2.05. The van der Waals surface area contributed by atoms with E-state index in [1.807, 2.05) is 0 Å². The first-order chi connectivity index (χ1) is 5.95. The lowest BCUT2D eigenvalue weighted by Crippen LogP contribution is -2.46. The van der Waals surface area contributed by atoms with Gasteiger partial charge < -0.3 is 0 Å². The number of nitrogens with zero attached hydrogens (tertiary/aromatic N) is 2. The maximum absolute atomic E-state index is 2.63. The fourth-order valence-corrected chi connectivity index (χ4v) is 2.78. The Balaban J connectivity index is 2.77. The van der Waals surface area contributed by atoms with Crippen molar-refractivity contribution in [3.05, 3.63) is 0 Å². The van der Waals surface area contributed by atoms with Gasteiger partial charge in [0.25, 0.3) is 0 Å². The summed E-state index contributed by atoms with van der Waals surface area (Å²) >= 11 is 0. The maximum atomic E-state index is 2.63. The highest BCUT2D eigenvalue weighted by Gasteiger charge is 2.37. The second-order valence-corrected chi connectivity index (χ2v) is 4.99. The topological polar surface area (TPSA) is 6.48 Å². The summed E-state index contributed by atoms with van der Waals surface area (Å²) in [6.45, 7) is 12.8. The highest BCUT2D eigenvalue weighted by molar-refractivity contribution is 4.89. The zero-order chi connectivity index (χ0) is 10.2. The van der Waals surface area contributed by atoms with E-state index in [2.05, 4.69) is 51.5 Å². The van der Waals surface area contributed by atoms with Crippen molar-refractivity contribution >= 4 is 0 Å². The molecule has 1 rings (SSSR count). The van der Waals surface area contributed by atoms with Crippen molar-refractivity contribution < 1.29 is 0 Å². The molecule has 0 N–H and O–H groups in total. The van der Waals surface area contributed by atoms with Crippen molar-refractivity contribution in [1.82, 2.24) is 9.80 Å². The van der Waals surface area contributed by atoms with Gasteiger partial charge in [0, 0.05) is 18.6 Å². The average Bonchev–Trinajstić information content (AvgIpc) is 2.24. The Kier molecular flexibility index (Phi) is 3.36. The van der Waals surface area contributed by atoms with Crippen LogP contribution < -0.4 is 0 Å². The Morgan fingerprint density at radius 2 is 1.69 bits per heavy atom. The summed E-state index contributed by atoms with van der Waals surface area (Å²) in [5, 5.41) is 0. The molecule has 1 aliphatic rings. The molecule has 0 spiro atoms. The largest absolute Gasteiger partial charge is 0.289 e. The van der Waals surface area contributed by atoms with Crippen LogP contribution in [0.1, 0.15) is 34.6 Å². The highest BCUT2D eigenvalue weighted by Crippen LogP contribution is 2.26. The van der Waals surface area contributed by atoms with Crippen molar-refractivity contribution in [2.75, 3.05) is 13.6 Å². The molecule has 1 fully saturated rings. The van der Waals surface area contributed by atoms with Gasteiger partial charge in [0.1, 0.15) is 0 Å². The van der Waals surface area contributed by atoms with Crippen LogP contribution in [0.25, 0.3) is 0 Å². The Hall–Kier alpha value is -0.0800. The van der Waals surface area contributed by atoms with E-state index >= 15 is 0 Å². The molecule has 1 heterocycles. The van der Waals surface area contributed by atoms with Crippen molar-refractivity contribution in [1.29, 1.82) is 0 Å². The standard InChI is InChI=1S/C11H24N2/c1-8(2)11-12(6)7-10(5)13(11)9(3)4/h8-11H,7H2,1-6H3/t10-,11?/m0/s1. The van der Waals surface area contributed by atoms with Crippen LogP contribution in [0.15, 0.2) is 0 Å². The summed E-state index contributed by atoms with van der Waals surface area (Å²) < 4.78 is 0. The summed E-state index contributed by atoms with van der Waals surface area (Å²) in [5.74, 6) is 0.720.